The van der Waals surface area contributed by atoms with E-state index in [2.05, 4.69) is 22.1 Å². The molecule has 0 saturated carbocycles. The Morgan fingerprint density at radius 1 is 1.33 bits per heavy atom. The lowest BCUT2D eigenvalue weighted by atomic mass is 11.3. The zero-order valence-electron chi connectivity index (χ0n) is 3.84. The van der Waals surface area contributed by atoms with E-state index < -0.39 is 0 Å². The van der Waals surface area contributed by atoms with E-state index in [4.69, 9.17) is 0 Å². The molecule has 0 aromatic rings. The molecule has 0 aliphatic rings. The van der Waals surface area contributed by atoms with Crippen molar-refractivity contribution in [1.29, 1.82) is 0 Å². The van der Waals surface area contributed by atoms with Gasteiger partial charge < -0.3 is 9.47 Å². The summed E-state index contributed by atoms with van der Waals surface area (Å²) in [6.07, 6.45) is 0. The third-order valence-corrected chi connectivity index (χ3v) is 0.825. The summed E-state index contributed by atoms with van der Waals surface area (Å²) >= 11 is 3.79. The van der Waals surface area contributed by atoms with E-state index in [1.54, 1.807) is 0 Å². The molecule has 0 bridgehead atoms. The monoisotopic (exact) mass is 108 g/mol. The number of thiol groups is 1. The smallest absolute Gasteiger partial charge is 0.203 e. The van der Waals surface area contributed by atoms with Gasteiger partial charge in [0.1, 0.15) is 0 Å². The van der Waals surface area contributed by atoms with Crippen LogP contribution in [0.5, 0.6) is 0 Å². The van der Waals surface area contributed by atoms with Gasteiger partial charge in [-0.25, -0.2) is 0 Å². The van der Waals surface area contributed by atoms with Crippen LogP contribution < -0.4 is 0 Å². The predicted molar refractivity (Wildman–Crippen MR) is 26.8 cm³/mol. The van der Waals surface area contributed by atoms with Crippen LogP contribution in [0, 0.1) is 0 Å². The van der Waals surface area contributed by atoms with Crippen molar-refractivity contribution in [2.75, 3.05) is 14.2 Å². The van der Waals surface area contributed by atoms with Crippen molar-refractivity contribution < 1.29 is 9.47 Å². The minimum atomic E-state index is -0.370. The second-order valence-electron chi connectivity index (χ2n) is 0.778. The van der Waals surface area contributed by atoms with Gasteiger partial charge in [-0.05, 0) is 0 Å². The van der Waals surface area contributed by atoms with Crippen molar-refractivity contribution in [2.45, 2.75) is 5.62 Å². The molecule has 0 amide bonds. The molecule has 6 heavy (non-hydrogen) atoms. The van der Waals surface area contributed by atoms with Crippen LogP contribution in [0.2, 0.25) is 0 Å². The average molecular weight is 108 g/mol. The summed E-state index contributed by atoms with van der Waals surface area (Å²) in [5, 5.41) is 0. The highest BCUT2D eigenvalue weighted by Crippen LogP contribution is 1.91. The van der Waals surface area contributed by atoms with Gasteiger partial charge in [0.05, 0.1) is 0 Å². The molecule has 0 aliphatic heterocycles. The Balaban J connectivity index is 2.75. The number of ether oxygens (including phenoxy) is 2. The van der Waals surface area contributed by atoms with E-state index in [0.717, 1.165) is 0 Å². The highest BCUT2D eigenvalue weighted by Gasteiger charge is 1.89. The molecule has 38 valence electrons. The molecule has 0 rings (SSSR count). The Kier molecular flexibility index (Phi) is 3.62. The highest BCUT2D eigenvalue weighted by atomic mass is 32.1. The lowest BCUT2D eigenvalue weighted by Gasteiger charge is -2.01. The van der Waals surface area contributed by atoms with Gasteiger partial charge in [-0.15, -0.1) is 12.6 Å². The zero-order valence-corrected chi connectivity index (χ0v) is 4.74. The van der Waals surface area contributed by atoms with E-state index in [9.17, 15) is 0 Å². The van der Waals surface area contributed by atoms with Crippen molar-refractivity contribution in [3.05, 3.63) is 0 Å². The predicted octanol–water partition coefficient (Wildman–Crippen LogP) is 0.493. The lowest BCUT2D eigenvalue weighted by Crippen LogP contribution is -2.01. The summed E-state index contributed by atoms with van der Waals surface area (Å²) in [6.45, 7) is 0. The van der Waals surface area contributed by atoms with Gasteiger partial charge in [-0.2, -0.15) is 0 Å². The van der Waals surface area contributed by atoms with Gasteiger partial charge in [0.2, 0.25) is 5.62 Å². The molecule has 0 spiro atoms. The van der Waals surface area contributed by atoms with Gasteiger partial charge in [-0.1, -0.05) is 0 Å². The minimum Gasteiger partial charge on any atom is -0.347 e. The van der Waals surface area contributed by atoms with E-state index >= 15 is 0 Å². The Morgan fingerprint density at radius 3 is 1.67 bits per heavy atom. The number of rotatable bonds is 2. The van der Waals surface area contributed by atoms with Crippen LogP contribution in [0.3, 0.4) is 0 Å². The molecule has 0 saturated heterocycles. The summed E-state index contributed by atoms with van der Waals surface area (Å²) in [5.74, 6) is 0. The van der Waals surface area contributed by atoms with Gasteiger partial charge in [0.25, 0.3) is 0 Å². The molecule has 0 fully saturated rings. The molecule has 0 atom stereocenters. The van der Waals surface area contributed by atoms with Gasteiger partial charge in [0.15, 0.2) is 0 Å². The Labute approximate surface area is 42.9 Å². The first-order valence-corrected chi connectivity index (χ1v) is 2.06. The van der Waals surface area contributed by atoms with Crippen molar-refractivity contribution in [3.8, 4) is 0 Å². The maximum absolute atomic E-state index is 4.54. The summed E-state index contributed by atoms with van der Waals surface area (Å²) in [4.78, 5) is 0. The molecule has 0 aromatic carbocycles. The first-order valence-electron chi connectivity index (χ1n) is 1.55. The van der Waals surface area contributed by atoms with Gasteiger partial charge in [-0.3, -0.25) is 0 Å². The number of hydrogen-bond acceptors (Lipinski definition) is 3. The molecule has 0 heterocycles. The first-order chi connectivity index (χ1) is 2.81. The molecule has 0 radical (unpaired) electrons. The fraction of sp³-hybridized carbons (Fsp3) is 1.00. The molecular weight excluding hydrogens is 100 g/mol. The van der Waals surface area contributed by atoms with E-state index in [-0.39, 0.29) is 5.62 Å². The molecule has 2 nitrogen and oxygen atoms in total. The number of methoxy groups -OCH3 is 2. The second kappa shape index (κ2) is 3.46. The molecule has 3 heteroatoms. The summed E-state index contributed by atoms with van der Waals surface area (Å²) < 4.78 is 9.08. The lowest BCUT2D eigenvalue weighted by molar-refractivity contribution is -0.0326. The van der Waals surface area contributed by atoms with E-state index in [1.165, 1.54) is 14.2 Å². The fourth-order valence-corrected chi connectivity index (χ4v) is 0.0962. The van der Waals surface area contributed by atoms with Crippen molar-refractivity contribution in [3.63, 3.8) is 0 Å². The maximum atomic E-state index is 4.54. The quantitative estimate of drug-likeness (QED) is 0.410. The second-order valence-corrected chi connectivity index (χ2v) is 1.20. The van der Waals surface area contributed by atoms with Crippen LogP contribution in [0.15, 0.2) is 0 Å². The SMILES string of the molecule is COC(S)OC. The number of hydrogen-bond donors (Lipinski definition) is 1. The summed E-state index contributed by atoms with van der Waals surface area (Å²) in [7, 11) is 3.06. The molecule has 0 unspecified atom stereocenters. The van der Waals surface area contributed by atoms with Crippen molar-refractivity contribution in [2.24, 2.45) is 0 Å². The Bertz CT molecular complexity index is 28.0. The van der Waals surface area contributed by atoms with Crippen molar-refractivity contribution in [1.82, 2.24) is 0 Å². The van der Waals surface area contributed by atoms with Crippen LogP contribution >= 0.6 is 12.6 Å². The van der Waals surface area contributed by atoms with Gasteiger partial charge in [0, 0.05) is 14.2 Å². The molecule has 0 aromatic heterocycles. The Morgan fingerprint density at radius 2 is 1.67 bits per heavy atom. The van der Waals surface area contributed by atoms with Crippen LogP contribution in [0.25, 0.3) is 0 Å². The van der Waals surface area contributed by atoms with Crippen LogP contribution in [0.4, 0.5) is 0 Å². The van der Waals surface area contributed by atoms with E-state index in [1.807, 2.05) is 0 Å². The topological polar surface area (TPSA) is 18.5 Å². The van der Waals surface area contributed by atoms with Crippen molar-refractivity contribution >= 4 is 12.6 Å². The molecular formula is C3H8O2S. The normalized spacial score (nSPS) is 10.0. The van der Waals surface area contributed by atoms with Crippen LogP contribution in [0.1, 0.15) is 0 Å². The molecule has 0 N–H and O–H groups in total. The minimum absolute atomic E-state index is 0.370. The third-order valence-electron chi connectivity index (χ3n) is 0.403. The Hall–Kier alpha value is 0.270. The largest absolute Gasteiger partial charge is 0.347 e. The highest BCUT2D eigenvalue weighted by molar-refractivity contribution is 7.80. The van der Waals surface area contributed by atoms with Gasteiger partial charge >= 0.3 is 0 Å². The maximum Gasteiger partial charge on any atom is 0.203 e. The first kappa shape index (κ1) is 6.27. The third kappa shape index (κ3) is 2.50. The summed E-state index contributed by atoms with van der Waals surface area (Å²) in [6, 6.07) is 0. The zero-order chi connectivity index (χ0) is 4.99. The van der Waals surface area contributed by atoms with E-state index in [0.29, 0.717) is 0 Å². The summed E-state index contributed by atoms with van der Waals surface area (Å²) in [5.41, 5.74) is -0.370. The van der Waals surface area contributed by atoms with Crippen LogP contribution in [-0.2, 0) is 9.47 Å². The fourth-order valence-electron chi connectivity index (χ4n) is 0.0962. The molecule has 0 aliphatic carbocycles. The average Bonchev–Trinajstić information content (AvgIpc) is 1.65. The van der Waals surface area contributed by atoms with Crippen LogP contribution in [-0.4, -0.2) is 19.8 Å². The standard InChI is InChI=1S/C3H8O2S/c1-4-3(6)5-2/h3,6H,1-2H3.